The second-order valence-electron chi connectivity index (χ2n) is 4.51. The molecular formula is C15H12ClN3O3S. The number of nitrogens with one attached hydrogen (secondary N) is 2. The summed E-state index contributed by atoms with van der Waals surface area (Å²) in [6.07, 6.45) is 0. The van der Waals surface area contributed by atoms with Gasteiger partial charge in [-0.2, -0.15) is 0 Å². The molecule has 0 aliphatic carbocycles. The van der Waals surface area contributed by atoms with E-state index < -0.39 is 6.03 Å². The van der Waals surface area contributed by atoms with Crippen molar-refractivity contribution in [1.29, 1.82) is 0 Å². The number of carbonyl (C=O) groups is 1. The van der Waals surface area contributed by atoms with Crippen molar-refractivity contribution in [3.63, 3.8) is 0 Å². The molecule has 2 amide bonds. The number of ether oxygens (including phenoxy) is 1. The molecule has 0 aliphatic heterocycles. The van der Waals surface area contributed by atoms with Crippen molar-refractivity contribution in [2.75, 3.05) is 12.4 Å². The smallest absolute Gasteiger partial charge is 0.330 e. The van der Waals surface area contributed by atoms with Crippen LogP contribution in [0.2, 0.25) is 5.02 Å². The number of halogens is 1. The van der Waals surface area contributed by atoms with Crippen LogP contribution in [0.15, 0.2) is 51.9 Å². The minimum Gasteiger partial charge on any atom is -0.497 e. The SMILES string of the molecule is COc1cccc(SNC(=O)Nc2noc3cc(Cl)ccc23)c1. The van der Waals surface area contributed by atoms with Crippen LogP contribution in [0.25, 0.3) is 11.0 Å². The highest BCUT2D eigenvalue weighted by Crippen LogP contribution is 2.26. The Morgan fingerprint density at radius 1 is 1.30 bits per heavy atom. The molecule has 6 nitrogen and oxygen atoms in total. The third-order valence-electron chi connectivity index (χ3n) is 2.97. The lowest BCUT2D eigenvalue weighted by atomic mass is 10.2. The largest absolute Gasteiger partial charge is 0.497 e. The van der Waals surface area contributed by atoms with Gasteiger partial charge in [0, 0.05) is 16.0 Å². The molecule has 8 heteroatoms. The molecule has 118 valence electrons. The maximum absolute atomic E-state index is 12.0. The molecule has 0 radical (unpaired) electrons. The standard InChI is InChI=1S/C15H12ClN3O3S/c1-21-10-3-2-4-11(8-10)23-19-15(20)17-14-12-6-5-9(16)7-13(12)22-18-14/h2-8H,1H3,(H2,17,18,19,20). The molecule has 1 heterocycles. The monoisotopic (exact) mass is 349 g/mol. The van der Waals surface area contributed by atoms with Gasteiger partial charge in [0.05, 0.1) is 12.5 Å². The summed E-state index contributed by atoms with van der Waals surface area (Å²) < 4.78 is 12.9. The minimum atomic E-state index is -0.414. The average molecular weight is 350 g/mol. The number of carbonyl (C=O) groups excluding carboxylic acids is 1. The fourth-order valence-electron chi connectivity index (χ4n) is 1.90. The zero-order valence-electron chi connectivity index (χ0n) is 12.0. The quantitative estimate of drug-likeness (QED) is 0.686. The first-order valence-electron chi connectivity index (χ1n) is 6.58. The molecule has 0 saturated heterocycles. The predicted octanol–water partition coefficient (Wildman–Crippen LogP) is 4.32. The summed E-state index contributed by atoms with van der Waals surface area (Å²) in [4.78, 5) is 12.8. The second kappa shape index (κ2) is 6.80. The van der Waals surface area contributed by atoms with Crippen LogP contribution in [0.3, 0.4) is 0 Å². The van der Waals surface area contributed by atoms with Crippen LogP contribution in [0.5, 0.6) is 5.75 Å². The molecular weight excluding hydrogens is 338 g/mol. The Morgan fingerprint density at radius 3 is 3.00 bits per heavy atom. The van der Waals surface area contributed by atoms with Crippen molar-refractivity contribution in [2.45, 2.75) is 4.90 Å². The lowest BCUT2D eigenvalue weighted by molar-refractivity contribution is 0.257. The Labute approximate surface area is 141 Å². The molecule has 0 atom stereocenters. The summed E-state index contributed by atoms with van der Waals surface area (Å²) in [5, 5.41) is 7.67. The van der Waals surface area contributed by atoms with Crippen LogP contribution < -0.4 is 14.8 Å². The van der Waals surface area contributed by atoms with Gasteiger partial charge in [-0.15, -0.1) is 0 Å². The maximum atomic E-state index is 12.0. The molecule has 0 spiro atoms. The van der Waals surface area contributed by atoms with Gasteiger partial charge in [-0.05, 0) is 42.3 Å². The van der Waals surface area contributed by atoms with Crippen molar-refractivity contribution < 1.29 is 14.1 Å². The number of fused-ring (bicyclic) bond motifs is 1. The van der Waals surface area contributed by atoms with Gasteiger partial charge in [0.2, 0.25) is 0 Å². The number of benzene rings is 2. The molecule has 0 fully saturated rings. The highest BCUT2D eigenvalue weighted by Gasteiger charge is 2.11. The molecule has 2 N–H and O–H groups in total. The summed E-state index contributed by atoms with van der Waals surface area (Å²) >= 11 is 7.04. The number of urea groups is 1. The van der Waals surface area contributed by atoms with Crippen molar-refractivity contribution in [2.24, 2.45) is 0 Å². The first-order chi connectivity index (χ1) is 11.2. The first-order valence-corrected chi connectivity index (χ1v) is 7.78. The molecule has 0 saturated carbocycles. The van der Waals surface area contributed by atoms with E-state index in [1.54, 1.807) is 25.3 Å². The number of amides is 2. The number of aromatic nitrogens is 1. The van der Waals surface area contributed by atoms with Gasteiger partial charge < -0.3 is 9.26 Å². The zero-order chi connectivity index (χ0) is 16.2. The van der Waals surface area contributed by atoms with Crippen molar-refractivity contribution in [3.05, 3.63) is 47.5 Å². The van der Waals surface area contributed by atoms with Crippen LogP contribution in [0.4, 0.5) is 10.6 Å². The summed E-state index contributed by atoms with van der Waals surface area (Å²) in [6.45, 7) is 0. The average Bonchev–Trinajstić information content (AvgIpc) is 2.95. The van der Waals surface area contributed by atoms with Gasteiger partial charge in [0.1, 0.15) is 5.75 Å². The third-order valence-corrected chi connectivity index (χ3v) is 3.98. The van der Waals surface area contributed by atoms with Crippen LogP contribution in [0, 0.1) is 0 Å². The number of methoxy groups -OCH3 is 1. The van der Waals surface area contributed by atoms with Gasteiger partial charge in [0.25, 0.3) is 0 Å². The van der Waals surface area contributed by atoms with E-state index in [2.05, 4.69) is 15.2 Å². The van der Waals surface area contributed by atoms with Crippen molar-refractivity contribution >= 4 is 46.4 Å². The Morgan fingerprint density at radius 2 is 2.17 bits per heavy atom. The van der Waals surface area contributed by atoms with Gasteiger partial charge in [-0.3, -0.25) is 10.0 Å². The fourth-order valence-corrected chi connectivity index (χ4v) is 2.65. The summed E-state index contributed by atoms with van der Waals surface area (Å²) in [7, 11) is 1.59. The van der Waals surface area contributed by atoms with E-state index in [1.165, 1.54) is 11.9 Å². The Balaban J connectivity index is 1.64. The van der Waals surface area contributed by atoms with E-state index in [-0.39, 0.29) is 0 Å². The van der Waals surface area contributed by atoms with E-state index in [4.69, 9.17) is 20.9 Å². The maximum Gasteiger partial charge on any atom is 0.330 e. The van der Waals surface area contributed by atoms with Crippen LogP contribution in [-0.4, -0.2) is 18.3 Å². The number of nitrogens with zero attached hydrogens (tertiary/aromatic N) is 1. The Bertz CT molecular complexity index is 853. The lowest BCUT2D eigenvalue weighted by Gasteiger charge is -2.06. The second-order valence-corrected chi connectivity index (χ2v) is 5.82. The van der Waals surface area contributed by atoms with E-state index in [0.717, 1.165) is 10.6 Å². The number of rotatable bonds is 4. The van der Waals surface area contributed by atoms with Gasteiger partial charge in [-0.25, -0.2) is 4.79 Å². The molecule has 2 aromatic carbocycles. The molecule has 3 aromatic rings. The van der Waals surface area contributed by atoms with Crippen LogP contribution >= 0.6 is 23.5 Å². The van der Waals surface area contributed by atoms with Crippen LogP contribution in [0.1, 0.15) is 0 Å². The number of anilines is 1. The van der Waals surface area contributed by atoms with Crippen molar-refractivity contribution in [3.8, 4) is 5.75 Å². The molecule has 3 rings (SSSR count). The van der Waals surface area contributed by atoms with E-state index >= 15 is 0 Å². The molecule has 0 aliphatic rings. The van der Waals surface area contributed by atoms with E-state index in [0.29, 0.717) is 21.8 Å². The molecule has 0 unspecified atom stereocenters. The molecule has 1 aromatic heterocycles. The first kappa shape index (κ1) is 15.5. The summed E-state index contributed by atoms with van der Waals surface area (Å²) in [6, 6.07) is 12.0. The summed E-state index contributed by atoms with van der Waals surface area (Å²) in [5.74, 6) is 1.05. The number of hydrogen-bond acceptors (Lipinski definition) is 5. The third kappa shape index (κ3) is 3.69. The van der Waals surface area contributed by atoms with E-state index in [9.17, 15) is 4.79 Å². The topological polar surface area (TPSA) is 76.4 Å². The van der Waals surface area contributed by atoms with Crippen LogP contribution in [-0.2, 0) is 0 Å². The van der Waals surface area contributed by atoms with Gasteiger partial charge in [0.15, 0.2) is 11.4 Å². The lowest BCUT2D eigenvalue weighted by Crippen LogP contribution is -2.22. The fraction of sp³-hybridized carbons (Fsp3) is 0.0667. The predicted molar refractivity (Wildman–Crippen MR) is 90.0 cm³/mol. The van der Waals surface area contributed by atoms with Gasteiger partial charge in [-0.1, -0.05) is 22.8 Å². The van der Waals surface area contributed by atoms with Gasteiger partial charge >= 0.3 is 6.03 Å². The number of hydrogen-bond donors (Lipinski definition) is 2. The normalized spacial score (nSPS) is 10.5. The minimum absolute atomic E-state index is 0.334. The highest BCUT2D eigenvalue weighted by atomic mass is 35.5. The summed E-state index contributed by atoms with van der Waals surface area (Å²) in [5.41, 5.74) is 0.508. The highest BCUT2D eigenvalue weighted by molar-refractivity contribution is 7.98. The molecule has 0 bridgehead atoms. The zero-order valence-corrected chi connectivity index (χ0v) is 13.6. The Kier molecular flexibility index (Phi) is 4.59. The molecule has 23 heavy (non-hydrogen) atoms. The van der Waals surface area contributed by atoms with E-state index in [1.807, 2.05) is 24.3 Å². The Hall–Kier alpha value is -2.38. The van der Waals surface area contributed by atoms with Crippen molar-refractivity contribution in [1.82, 2.24) is 9.88 Å².